The van der Waals surface area contributed by atoms with E-state index in [1.807, 2.05) is 57.2 Å². The molecule has 4 heteroatoms. The van der Waals surface area contributed by atoms with Crippen LogP contribution in [0.5, 0.6) is 0 Å². The summed E-state index contributed by atoms with van der Waals surface area (Å²) in [7, 11) is 0. The summed E-state index contributed by atoms with van der Waals surface area (Å²) >= 11 is 0. The van der Waals surface area contributed by atoms with Gasteiger partial charge in [0, 0.05) is 18.5 Å². The Balaban J connectivity index is 2.07. The zero-order valence-corrected chi connectivity index (χ0v) is 13.1. The second-order valence-electron chi connectivity index (χ2n) is 6.52. The van der Waals surface area contributed by atoms with E-state index in [9.17, 15) is 9.59 Å². The van der Waals surface area contributed by atoms with Gasteiger partial charge < -0.3 is 4.74 Å². The molecule has 114 valence electrons. The lowest BCUT2D eigenvalue weighted by Gasteiger charge is -2.31. The third-order valence-electron chi connectivity index (χ3n) is 3.63. The minimum atomic E-state index is -0.560. The Morgan fingerprint density at radius 1 is 1.14 bits per heavy atom. The van der Waals surface area contributed by atoms with Crippen LogP contribution in [-0.2, 0) is 4.74 Å². The van der Waals surface area contributed by atoms with Gasteiger partial charge in [-0.2, -0.15) is 0 Å². The maximum absolute atomic E-state index is 12.4. The number of hydrogen-bond acceptors (Lipinski definition) is 3. The van der Waals surface area contributed by atoms with Crippen LogP contribution in [0.15, 0.2) is 36.4 Å². The highest BCUT2D eigenvalue weighted by molar-refractivity contribution is 6.10. The molecule has 0 saturated carbocycles. The Hall–Kier alpha value is -2.36. The monoisotopic (exact) mass is 297 g/mol. The number of rotatable bonds is 0. The molecule has 4 nitrogen and oxygen atoms in total. The van der Waals surface area contributed by atoms with E-state index in [1.165, 1.54) is 0 Å². The highest BCUT2D eigenvalue weighted by Crippen LogP contribution is 2.32. The van der Waals surface area contributed by atoms with Crippen molar-refractivity contribution in [1.82, 2.24) is 0 Å². The number of benzene rings is 2. The lowest BCUT2D eigenvalue weighted by molar-refractivity contribution is 0.0577. The van der Waals surface area contributed by atoms with Gasteiger partial charge in [-0.25, -0.2) is 4.79 Å². The zero-order chi connectivity index (χ0) is 15.9. The van der Waals surface area contributed by atoms with Crippen molar-refractivity contribution in [2.45, 2.75) is 32.8 Å². The van der Waals surface area contributed by atoms with Crippen LogP contribution in [0.3, 0.4) is 0 Å². The molecule has 0 bridgehead atoms. The summed E-state index contributed by atoms with van der Waals surface area (Å²) in [5.41, 5.74) is 0.676. The summed E-state index contributed by atoms with van der Waals surface area (Å²) < 4.78 is 5.46. The van der Waals surface area contributed by atoms with E-state index in [-0.39, 0.29) is 5.78 Å². The molecule has 1 amide bonds. The lowest BCUT2D eigenvalue weighted by atomic mass is 9.96. The van der Waals surface area contributed by atoms with Crippen molar-refractivity contribution in [3.8, 4) is 0 Å². The smallest absolute Gasteiger partial charge is 0.414 e. The van der Waals surface area contributed by atoms with E-state index in [0.29, 0.717) is 24.2 Å². The van der Waals surface area contributed by atoms with Gasteiger partial charge in [0.05, 0.1) is 5.69 Å². The Bertz CT molecular complexity index is 759. The quantitative estimate of drug-likeness (QED) is 0.733. The molecular weight excluding hydrogens is 278 g/mol. The van der Waals surface area contributed by atoms with Crippen molar-refractivity contribution in [2.75, 3.05) is 11.4 Å². The van der Waals surface area contributed by atoms with Crippen molar-refractivity contribution >= 4 is 28.3 Å². The fourth-order valence-corrected chi connectivity index (χ4v) is 2.65. The highest BCUT2D eigenvalue weighted by atomic mass is 16.6. The van der Waals surface area contributed by atoms with Gasteiger partial charge in [0.25, 0.3) is 0 Å². The second kappa shape index (κ2) is 5.13. The van der Waals surface area contributed by atoms with Crippen molar-refractivity contribution in [1.29, 1.82) is 0 Å². The van der Waals surface area contributed by atoms with E-state index < -0.39 is 11.7 Å². The van der Waals surface area contributed by atoms with Gasteiger partial charge >= 0.3 is 6.09 Å². The molecule has 0 unspecified atom stereocenters. The maximum atomic E-state index is 12.4. The number of fused-ring (bicyclic) bond motifs is 2. The average Bonchev–Trinajstić information content (AvgIpc) is 2.44. The molecule has 2 aromatic carbocycles. The number of nitrogens with zero attached hydrogens (tertiary/aromatic N) is 1. The summed E-state index contributed by atoms with van der Waals surface area (Å²) in [4.78, 5) is 26.2. The molecule has 0 fully saturated rings. The fourth-order valence-electron chi connectivity index (χ4n) is 2.65. The van der Waals surface area contributed by atoms with E-state index in [0.717, 1.165) is 10.8 Å². The zero-order valence-electron chi connectivity index (χ0n) is 13.1. The van der Waals surface area contributed by atoms with Crippen LogP contribution in [0, 0.1) is 0 Å². The van der Waals surface area contributed by atoms with Crippen LogP contribution in [-0.4, -0.2) is 24.0 Å². The summed E-state index contributed by atoms with van der Waals surface area (Å²) in [6.07, 6.45) is -0.0820. The molecule has 0 spiro atoms. The van der Waals surface area contributed by atoms with Gasteiger partial charge in [0.15, 0.2) is 5.78 Å². The first-order valence-electron chi connectivity index (χ1n) is 7.42. The number of carbonyl (C=O) groups is 2. The Morgan fingerprint density at radius 3 is 2.41 bits per heavy atom. The minimum absolute atomic E-state index is 0.0700. The topological polar surface area (TPSA) is 46.6 Å². The molecule has 1 aliphatic rings. The number of amides is 1. The summed E-state index contributed by atoms with van der Waals surface area (Å²) in [5, 5.41) is 2.00. The van der Waals surface area contributed by atoms with Gasteiger partial charge in [-0.1, -0.05) is 24.3 Å². The van der Waals surface area contributed by atoms with Crippen LogP contribution in [0.25, 0.3) is 10.8 Å². The Kier molecular flexibility index (Phi) is 3.39. The minimum Gasteiger partial charge on any atom is -0.443 e. The van der Waals surface area contributed by atoms with Gasteiger partial charge in [-0.15, -0.1) is 0 Å². The molecule has 0 saturated heterocycles. The molecule has 3 rings (SSSR count). The first kappa shape index (κ1) is 14.6. The van der Waals surface area contributed by atoms with E-state index in [4.69, 9.17) is 4.74 Å². The first-order chi connectivity index (χ1) is 10.3. The van der Waals surface area contributed by atoms with Crippen molar-refractivity contribution < 1.29 is 14.3 Å². The number of hydrogen-bond donors (Lipinski definition) is 0. The van der Waals surface area contributed by atoms with E-state index >= 15 is 0 Å². The van der Waals surface area contributed by atoms with Gasteiger partial charge in [-0.3, -0.25) is 9.69 Å². The molecule has 0 N–H and O–H groups in total. The van der Waals surface area contributed by atoms with Crippen LogP contribution in [0.2, 0.25) is 0 Å². The molecular formula is C18H19NO3. The summed E-state index contributed by atoms with van der Waals surface area (Å²) in [5.74, 6) is 0.0700. The van der Waals surface area contributed by atoms with Crippen LogP contribution in [0.4, 0.5) is 10.5 Å². The summed E-state index contributed by atoms with van der Waals surface area (Å²) in [6.45, 7) is 5.86. The van der Waals surface area contributed by atoms with E-state index in [2.05, 4.69) is 0 Å². The molecule has 0 aliphatic carbocycles. The molecule has 1 aliphatic heterocycles. The maximum Gasteiger partial charge on any atom is 0.414 e. The van der Waals surface area contributed by atoms with Crippen LogP contribution >= 0.6 is 0 Å². The number of ether oxygens (including phenoxy) is 1. The Morgan fingerprint density at radius 2 is 1.77 bits per heavy atom. The number of ketones is 1. The summed E-state index contributed by atoms with van der Waals surface area (Å²) in [6, 6.07) is 11.6. The van der Waals surface area contributed by atoms with Crippen molar-refractivity contribution in [3.05, 3.63) is 42.0 Å². The Labute approximate surface area is 129 Å². The fraction of sp³-hybridized carbons (Fsp3) is 0.333. The van der Waals surface area contributed by atoms with Crippen LogP contribution < -0.4 is 4.90 Å². The molecule has 0 atom stereocenters. The number of Topliss-reactive ketones (excluding diaryl/α,β-unsaturated/α-hetero) is 1. The van der Waals surface area contributed by atoms with Gasteiger partial charge in [0.2, 0.25) is 0 Å². The number of anilines is 1. The predicted octanol–water partition coefficient (Wildman–Crippen LogP) is 4.17. The SMILES string of the molecule is CC(C)(C)OC(=O)N1CCC(=O)c2cc3ccccc3cc21. The molecule has 1 heterocycles. The average molecular weight is 297 g/mol. The molecule has 0 aromatic heterocycles. The van der Waals surface area contributed by atoms with Crippen molar-refractivity contribution in [3.63, 3.8) is 0 Å². The predicted molar refractivity (Wildman–Crippen MR) is 86.5 cm³/mol. The number of carbonyl (C=O) groups excluding carboxylic acids is 2. The van der Waals surface area contributed by atoms with Gasteiger partial charge in [0.1, 0.15) is 5.60 Å². The van der Waals surface area contributed by atoms with Gasteiger partial charge in [-0.05, 0) is 43.7 Å². The second-order valence-corrected chi connectivity index (χ2v) is 6.52. The molecule has 0 radical (unpaired) electrons. The highest BCUT2D eigenvalue weighted by Gasteiger charge is 2.30. The largest absolute Gasteiger partial charge is 0.443 e. The van der Waals surface area contributed by atoms with E-state index in [1.54, 1.807) is 4.90 Å². The molecule has 22 heavy (non-hydrogen) atoms. The van der Waals surface area contributed by atoms with Crippen molar-refractivity contribution in [2.24, 2.45) is 0 Å². The third kappa shape index (κ3) is 2.69. The lowest BCUT2D eigenvalue weighted by Crippen LogP contribution is -2.41. The molecule has 2 aromatic rings. The standard InChI is InChI=1S/C18H19NO3/c1-18(2,3)22-17(21)19-9-8-16(20)14-10-12-6-4-5-7-13(12)11-15(14)19/h4-7,10-11H,8-9H2,1-3H3. The van der Waals surface area contributed by atoms with Crippen LogP contribution in [0.1, 0.15) is 37.6 Å². The first-order valence-corrected chi connectivity index (χ1v) is 7.42. The third-order valence-corrected chi connectivity index (χ3v) is 3.63. The normalized spacial score (nSPS) is 14.9.